The molecule has 8 heteroatoms. The van der Waals surface area contributed by atoms with Crippen molar-refractivity contribution in [1.29, 1.82) is 0 Å². The smallest absolute Gasteiger partial charge is 0.240 e. The molecule has 3 heterocycles. The molecule has 2 aliphatic rings. The van der Waals surface area contributed by atoms with Crippen LogP contribution >= 0.6 is 11.3 Å². The van der Waals surface area contributed by atoms with Gasteiger partial charge in [0.15, 0.2) is 5.13 Å². The number of halogens is 1. The molecule has 1 amide bonds. The summed E-state index contributed by atoms with van der Waals surface area (Å²) in [5.41, 5.74) is 0.439. The molecule has 6 nitrogen and oxygen atoms in total. The fourth-order valence-corrected chi connectivity index (χ4v) is 5.09. The maximum atomic E-state index is 13.8. The number of rotatable bonds is 6. The second-order valence-electron chi connectivity index (χ2n) is 7.67. The van der Waals surface area contributed by atoms with Crippen molar-refractivity contribution in [2.75, 3.05) is 38.7 Å². The molecule has 0 aliphatic carbocycles. The number of carbonyl (C=O) groups excluding carboxylic acids is 1. The number of amides is 1. The summed E-state index contributed by atoms with van der Waals surface area (Å²) in [6.45, 7) is 2.57. The highest BCUT2D eigenvalue weighted by molar-refractivity contribution is 7.15. The largest absolute Gasteiger partial charge is 0.377 e. The molecule has 1 N–H and O–H groups in total. The van der Waals surface area contributed by atoms with Gasteiger partial charge in [0.1, 0.15) is 5.82 Å². The minimum Gasteiger partial charge on any atom is -0.377 e. The summed E-state index contributed by atoms with van der Waals surface area (Å²) in [7, 11) is 1.71. The molecule has 4 rings (SSSR count). The Morgan fingerprint density at radius 1 is 1.45 bits per heavy atom. The van der Waals surface area contributed by atoms with Crippen molar-refractivity contribution in [2.45, 2.75) is 37.4 Å². The van der Waals surface area contributed by atoms with Gasteiger partial charge < -0.3 is 14.8 Å². The molecular weight excluding hydrogens is 393 g/mol. The van der Waals surface area contributed by atoms with Gasteiger partial charge in [-0.3, -0.25) is 9.69 Å². The molecule has 0 radical (unpaired) electrons. The Kier molecular flexibility index (Phi) is 6.24. The van der Waals surface area contributed by atoms with E-state index >= 15 is 0 Å². The molecule has 1 spiro atoms. The topological polar surface area (TPSA) is 63.7 Å². The zero-order valence-electron chi connectivity index (χ0n) is 16.5. The molecule has 2 fully saturated rings. The van der Waals surface area contributed by atoms with Gasteiger partial charge in [-0.05, 0) is 30.9 Å². The standard InChI is InChI=1S/C21H26FN3O3S/c1-27-18-13-25(9-8-21(18)7-4-10-28-21)14-19(26)24-20-23-12-16(29-20)11-15-5-2-3-6-17(15)22/h2-3,5-6,12,18H,4,7-11,13-14H2,1H3,(H,23,24,26)/t18-,21-/m1/s1. The van der Waals surface area contributed by atoms with Crippen LogP contribution in [0.4, 0.5) is 9.52 Å². The van der Waals surface area contributed by atoms with Crippen molar-refractivity contribution in [3.63, 3.8) is 0 Å². The predicted molar refractivity (Wildman–Crippen MR) is 110 cm³/mol. The monoisotopic (exact) mass is 419 g/mol. The summed E-state index contributed by atoms with van der Waals surface area (Å²) in [5.74, 6) is -0.330. The number of hydrogen-bond donors (Lipinski definition) is 1. The highest BCUT2D eigenvalue weighted by Gasteiger charge is 2.46. The lowest BCUT2D eigenvalue weighted by atomic mass is 9.86. The first-order valence-corrected chi connectivity index (χ1v) is 10.8. The van der Waals surface area contributed by atoms with Crippen LogP contribution in [-0.2, 0) is 20.7 Å². The lowest BCUT2D eigenvalue weighted by Crippen LogP contribution is -2.57. The van der Waals surface area contributed by atoms with Crippen LogP contribution in [0.3, 0.4) is 0 Å². The van der Waals surface area contributed by atoms with Crippen LogP contribution in [0.1, 0.15) is 29.7 Å². The highest BCUT2D eigenvalue weighted by Crippen LogP contribution is 2.37. The van der Waals surface area contributed by atoms with Crippen molar-refractivity contribution in [3.05, 3.63) is 46.7 Å². The van der Waals surface area contributed by atoms with Crippen LogP contribution in [0, 0.1) is 5.82 Å². The summed E-state index contributed by atoms with van der Waals surface area (Å²) in [6, 6.07) is 6.70. The minimum absolute atomic E-state index is 0.0150. The fourth-order valence-electron chi connectivity index (χ4n) is 4.24. The third kappa shape index (κ3) is 4.66. The molecular formula is C21H26FN3O3S. The van der Waals surface area contributed by atoms with Crippen LogP contribution < -0.4 is 5.32 Å². The number of thiazole rings is 1. The SMILES string of the molecule is CO[C@@H]1CN(CC(=O)Nc2ncc(Cc3ccccc3F)s2)CC[C@]12CCCO2. The molecule has 2 aromatic rings. The first kappa shape index (κ1) is 20.4. The van der Waals surface area contributed by atoms with E-state index in [1.165, 1.54) is 17.4 Å². The van der Waals surface area contributed by atoms with Gasteiger partial charge in [0.05, 0.1) is 18.2 Å². The number of nitrogens with zero attached hydrogens (tertiary/aromatic N) is 2. The van der Waals surface area contributed by atoms with Crippen molar-refractivity contribution >= 4 is 22.4 Å². The molecule has 0 bridgehead atoms. The third-order valence-electron chi connectivity index (χ3n) is 5.77. The van der Waals surface area contributed by atoms with E-state index in [0.29, 0.717) is 23.7 Å². The minimum atomic E-state index is -0.228. The van der Waals surface area contributed by atoms with Crippen molar-refractivity contribution < 1.29 is 18.7 Å². The molecule has 0 saturated carbocycles. The average molecular weight is 420 g/mol. The predicted octanol–water partition coefficient (Wildman–Crippen LogP) is 3.08. The summed E-state index contributed by atoms with van der Waals surface area (Å²) >= 11 is 1.37. The third-order valence-corrected chi connectivity index (χ3v) is 6.68. The van der Waals surface area contributed by atoms with Crippen molar-refractivity contribution in [1.82, 2.24) is 9.88 Å². The second-order valence-corrected chi connectivity index (χ2v) is 8.79. The van der Waals surface area contributed by atoms with Crippen LogP contribution in [0.25, 0.3) is 0 Å². The summed E-state index contributed by atoms with van der Waals surface area (Å²) in [4.78, 5) is 19.8. The maximum absolute atomic E-state index is 13.8. The number of likely N-dealkylation sites (tertiary alicyclic amines) is 1. The number of benzene rings is 1. The lowest BCUT2D eigenvalue weighted by molar-refractivity contribution is -0.145. The zero-order valence-corrected chi connectivity index (χ0v) is 17.3. The molecule has 0 unspecified atom stereocenters. The van der Waals surface area contributed by atoms with Gasteiger partial charge in [-0.1, -0.05) is 18.2 Å². The van der Waals surface area contributed by atoms with E-state index < -0.39 is 0 Å². The Morgan fingerprint density at radius 2 is 2.31 bits per heavy atom. The average Bonchev–Trinajstić information content (AvgIpc) is 3.35. The Hall–Kier alpha value is -1.87. The molecule has 2 aliphatic heterocycles. The number of carbonyl (C=O) groups is 1. The van der Waals surface area contributed by atoms with E-state index in [4.69, 9.17) is 9.47 Å². The second kappa shape index (κ2) is 8.87. The van der Waals surface area contributed by atoms with Gasteiger partial charge in [0, 0.05) is 44.3 Å². The van der Waals surface area contributed by atoms with E-state index in [2.05, 4.69) is 15.2 Å². The molecule has 156 valence electrons. The number of piperidine rings is 1. The van der Waals surface area contributed by atoms with Crippen LogP contribution in [0.15, 0.2) is 30.5 Å². The van der Waals surface area contributed by atoms with Gasteiger partial charge in [-0.2, -0.15) is 0 Å². The number of hydrogen-bond acceptors (Lipinski definition) is 6. The molecule has 29 heavy (non-hydrogen) atoms. The summed E-state index contributed by atoms with van der Waals surface area (Å²) in [6.07, 6.45) is 5.11. The van der Waals surface area contributed by atoms with Gasteiger partial charge in [0.25, 0.3) is 0 Å². The van der Waals surface area contributed by atoms with E-state index in [-0.39, 0.29) is 30.0 Å². The van der Waals surface area contributed by atoms with Crippen molar-refractivity contribution in [2.24, 2.45) is 0 Å². The van der Waals surface area contributed by atoms with E-state index in [1.807, 2.05) is 6.07 Å². The van der Waals surface area contributed by atoms with E-state index in [0.717, 1.165) is 37.3 Å². The van der Waals surface area contributed by atoms with Gasteiger partial charge in [-0.15, -0.1) is 11.3 Å². The van der Waals surface area contributed by atoms with Crippen LogP contribution in [0.2, 0.25) is 0 Å². The summed E-state index contributed by atoms with van der Waals surface area (Å²) in [5, 5.41) is 3.40. The normalized spacial score (nSPS) is 24.8. The van der Waals surface area contributed by atoms with Crippen LogP contribution in [0.5, 0.6) is 0 Å². The number of nitrogens with one attached hydrogen (secondary N) is 1. The number of aromatic nitrogens is 1. The van der Waals surface area contributed by atoms with Crippen LogP contribution in [-0.4, -0.2) is 60.8 Å². The number of anilines is 1. The summed E-state index contributed by atoms with van der Waals surface area (Å²) < 4.78 is 25.5. The van der Waals surface area contributed by atoms with E-state index in [1.54, 1.807) is 25.4 Å². The number of methoxy groups -OCH3 is 1. The zero-order chi connectivity index (χ0) is 20.3. The lowest BCUT2D eigenvalue weighted by Gasteiger charge is -2.44. The van der Waals surface area contributed by atoms with Crippen molar-refractivity contribution in [3.8, 4) is 0 Å². The maximum Gasteiger partial charge on any atom is 0.240 e. The van der Waals surface area contributed by atoms with Gasteiger partial charge in [-0.25, -0.2) is 9.37 Å². The molecule has 1 aromatic carbocycles. The van der Waals surface area contributed by atoms with E-state index in [9.17, 15) is 9.18 Å². The molecule has 2 atom stereocenters. The Labute approximate surface area is 174 Å². The molecule has 1 aromatic heterocycles. The first-order chi connectivity index (χ1) is 14.1. The highest BCUT2D eigenvalue weighted by atomic mass is 32.1. The fraction of sp³-hybridized carbons (Fsp3) is 0.524. The quantitative estimate of drug-likeness (QED) is 0.780. The van der Waals surface area contributed by atoms with Gasteiger partial charge >= 0.3 is 0 Å². The first-order valence-electron chi connectivity index (χ1n) is 9.95. The Bertz CT molecular complexity index is 853. The van der Waals surface area contributed by atoms with Gasteiger partial charge in [0.2, 0.25) is 5.91 Å². The Morgan fingerprint density at radius 3 is 3.07 bits per heavy atom. The molecule has 2 saturated heterocycles. The number of ether oxygens (including phenoxy) is 2. The Balaban J connectivity index is 1.30.